The van der Waals surface area contributed by atoms with Crippen molar-refractivity contribution in [1.82, 2.24) is 5.32 Å². The molecule has 1 heterocycles. The molecule has 25 heavy (non-hydrogen) atoms. The summed E-state index contributed by atoms with van der Waals surface area (Å²) in [5, 5.41) is 2.81. The molecule has 0 unspecified atom stereocenters. The molecule has 1 aliphatic carbocycles. The molecule has 0 spiro atoms. The van der Waals surface area contributed by atoms with Gasteiger partial charge in [0.2, 0.25) is 0 Å². The molecular formula is C18H31NO6. The summed E-state index contributed by atoms with van der Waals surface area (Å²) in [4.78, 5) is 23.7. The van der Waals surface area contributed by atoms with Gasteiger partial charge in [0.05, 0.1) is 19.6 Å². The Morgan fingerprint density at radius 2 is 1.80 bits per heavy atom. The minimum absolute atomic E-state index is 0.0195. The van der Waals surface area contributed by atoms with E-state index >= 15 is 0 Å². The van der Waals surface area contributed by atoms with Crippen LogP contribution >= 0.6 is 0 Å². The van der Waals surface area contributed by atoms with Crippen molar-refractivity contribution in [3.8, 4) is 0 Å². The van der Waals surface area contributed by atoms with Crippen molar-refractivity contribution in [2.45, 2.75) is 70.7 Å². The van der Waals surface area contributed by atoms with Crippen LogP contribution in [0.2, 0.25) is 0 Å². The largest absolute Gasteiger partial charge is 0.456 e. The van der Waals surface area contributed by atoms with E-state index in [1.165, 1.54) is 19.3 Å². The summed E-state index contributed by atoms with van der Waals surface area (Å²) in [6.07, 6.45) is 6.00. The lowest BCUT2D eigenvalue weighted by molar-refractivity contribution is -0.162. The predicted molar refractivity (Wildman–Crippen MR) is 91.0 cm³/mol. The first-order chi connectivity index (χ1) is 11.9. The standard InChI is InChI=1S/C18H31NO6/c1-18(2,25-15(20)8-9-16-22-10-11-23-16)13-24-17(21)19-12-14-6-4-3-5-7-14/h14,16H,3-13H2,1-2H3,(H,19,21). The number of carbonyl (C=O) groups excluding carboxylic acids is 2. The zero-order chi connectivity index (χ0) is 18.1. The number of amides is 1. The fourth-order valence-corrected chi connectivity index (χ4v) is 3.11. The Balaban J connectivity index is 1.58. The van der Waals surface area contributed by atoms with Gasteiger partial charge < -0.3 is 24.3 Å². The Kier molecular flexibility index (Phi) is 7.96. The highest BCUT2D eigenvalue weighted by atomic mass is 16.7. The third-order valence-corrected chi connectivity index (χ3v) is 4.48. The van der Waals surface area contributed by atoms with E-state index in [-0.39, 0.29) is 25.3 Å². The second-order valence-electron chi connectivity index (χ2n) is 7.40. The molecule has 0 bridgehead atoms. The van der Waals surface area contributed by atoms with Gasteiger partial charge in [-0.15, -0.1) is 0 Å². The van der Waals surface area contributed by atoms with Crippen LogP contribution in [0, 0.1) is 5.92 Å². The minimum atomic E-state index is -0.864. The summed E-state index contributed by atoms with van der Waals surface area (Å²) in [7, 11) is 0. The van der Waals surface area contributed by atoms with Crippen LogP contribution in [0.25, 0.3) is 0 Å². The van der Waals surface area contributed by atoms with E-state index in [0.717, 1.165) is 12.8 Å². The summed E-state index contributed by atoms with van der Waals surface area (Å²) in [5.41, 5.74) is -0.864. The van der Waals surface area contributed by atoms with E-state index < -0.39 is 11.7 Å². The number of hydrogen-bond donors (Lipinski definition) is 1. The zero-order valence-corrected chi connectivity index (χ0v) is 15.4. The van der Waals surface area contributed by atoms with Crippen LogP contribution in [0.1, 0.15) is 58.8 Å². The maximum absolute atomic E-state index is 11.9. The molecule has 0 aromatic rings. The van der Waals surface area contributed by atoms with Gasteiger partial charge in [0.1, 0.15) is 12.2 Å². The molecule has 1 amide bonds. The van der Waals surface area contributed by atoms with Gasteiger partial charge in [0.15, 0.2) is 6.29 Å². The number of hydrogen-bond acceptors (Lipinski definition) is 6. The maximum Gasteiger partial charge on any atom is 0.407 e. The molecule has 2 rings (SSSR count). The molecule has 2 fully saturated rings. The summed E-state index contributed by atoms with van der Waals surface area (Å²) < 4.78 is 21.2. The van der Waals surface area contributed by atoms with E-state index in [2.05, 4.69) is 5.32 Å². The van der Waals surface area contributed by atoms with Crippen molar-refractivity contribution in [3.63, 3.8) is 0 Å². The number of carbonyl (C=O) groups is 2. The van der Waals surface area contributed by atoms with Crippen molar-refractivity contribution in [2.24, 2.45) is 5.92 Å². The molecule has 7 heteroatoms. The Morgan fingerprint density at radius 1 is 1.12 bits per heavy atom. The van der Waals surface area contributed by atoms with Crippen molar-refractivity contribution in [3.05, 3.63) is 0 Å². The highest BCUT2D eigenvalue weighted by Gasteiger charge is 2.26. The summed E-state index contributed by atoms with van der Waals surface area (Å²) in [6, 6.07) is 0. The first-order valence-corrected chi connectivity index (χ1v) is 9.30. The lowest BCUT2D eigenvalue weighted by Crippen LogP contribution is -2.38. The molecule has 1 aliphatic heterocycles. The highest BCUT2D eigenvalue weighted by Crippen LogP contribution is 2.22. The van der Waals surface area contributed by atoms with Gasteiger partial charge in [0, 0.05) is 13.0 Å². The fourth-order valence-electron chi connectivity index (χ4n) is 3.11. The van der Waals surface area contributed by atoms with Gasteiger partial charge in [-0.05, 0) is 32.6 Å². The number of ether oxygens (including phenoxy) is 4. The van der Waals surface area contributed by atoms with E-state index in [1.807, 2.05) is 0 Å². The van der Waals surface area contributed by atoms with Crippen molar-refractivity contribution >= 4 is 12.1 Å². The molecule has 1 saturated heterocycles. The Hall–Kier alpha value is -1.34. The van der Waals surface area contributed by atoms with Crippen molar-refractivity contribution in [1.29, 1.82) is 0 Å². The van der Waals surface area contributed by atoms with Gasteiger partial charge >= 0.3 is 12.1 Å². The van der Waals surface area contributed by atoms with Gasteiger partial charge in [0.25, 0.3) is 0 Å². The zero-order valence-electron chi connectivity index (χ0n) is 15.4. The van der Waals surface area contributed by atoms with Gasteiger partial charge in [-0.3, -0.25) is 4.79 Å². The van der Waals surface area contributed by atoms with Crippen LogP contribution in [0.15, 0.2) is 0 Å². The second-order valence-corrected chi connectivity index (χ2v) is 7.40. The van der Waals surface area contributed by atoms with Gasteiger partial charge in [-0.25, -0.2) is 4.79 Å². The molecule has 0 aromatic heterocycles. The molecule has 0 atom stereocenters. The topological polar surface area (TPSA) is 83.1 Å². The average Bonchev–Trinajstić information content (AvgIpc) is 3.10. The highest BCUT2D eigenvalue weighted by molar-refractivity contribution is 5.70. The van der Waals surface area contributed by atoms with Crippen molar-refractivity contribution in [2.75, 3.05) is 26.4 Å². The molecule has 0 aromatic carbocycles. The Morgan fingerprint density at radius 3 is 2.48 bits per heavy atom. The third-order valence-electron chi connectivity index (χ3n) is 4.48. The third kappa shape index (κ3) is 8.05. The van der Waals surface area contributed by atoms with Crippen LogP contribution < -0.4 is 5.32 Å². The Labute approximate surface area is 149 Å². The smallest absolute Gasteiger partial charge is 0.407 e. The van der Waals surface area contributed by atoms with Gasteiger partial charge in [-0.2, -0.15) is 0 Å². The van der Waals surface area contributed by atoms with Crippen LogP contribution in [-0.2, 0) is 23.7 Å². The quantitative estimate of drug-likeness (QED) is 0.673. The summed E-state index contributed by atoms with van der Waals surface area (Å²) in [6.45, 7) is 5.25. The lowest BCUT2D eigenvalue weighted by atomic mass is 9.89. The maximum atomic E-state index is 11.9. The average molecular weight is 357 g/mol. The van der Waals surface area contributed by atoms with E-state index in [0.29, 0.717) is 32.1 Å². The SMILES string of the molecule is CC(C)(COC(=O)NCC1CCCCC1)OC(=O)CCC1OCCO1. The van der Waals surface area contributed by atoms with E-state index in [1.54, 1.807) is 13.8 Å². The van der Waals surface area contributed by atoms with Crippen LogP contribution in [0.5, 0.6) is 0 Å². The molecule has 1 N–H and O–H groups in total. The monoisotopic (exact) mass is 357 g/mol. The minimum Gasteiger partial charge on any atom is -0.456 e. The number of nitrogens with one attached hydrogen (secondary N) is 1. The normalized spacial score (nSPS) is 19.6. The summed E-state index contributed by atoms with van der Waals surface area (Å²) in [5.74, 6) is 0.197. The van der Waals surface area contributed by atoms with E-state index in [4.69, 9.17) is 18.9 Å². The molecule has 0 radical (unpaired) electrons. The van der Waals surface area contributed by atoms with Crippen LogP contribution in [-0.4, -0.2) is 50.3 Å². The van der Waals surface area contributed by atoms with Crippen LogP contribution in [0.4, 0.5) is 4.79 Å². The lowest BCUT2D eigenvalue weighted by Gasteiger charge is -2.25. The molecular weight excluding hydrogens is 326 g/mol. The van der Waals surface area contributed by atoms with Crippen LogP contribution in [0.3, 0.4) is 0 Å². The predicted octanol–water partition coefficient (Wildman–Crippen LogP) is 2.77. The first-order valence-electron chi connectivity index (χ1n) is 9.30. The molecule has 1 saturated carbocycles. The second kappa shape index (κ2) is 9.97. The molecule has 7 nitrogen and oxygen atoms in total. The van der Waals surface area contributed by atoms with E-state index in [9.17, 15) is 9.59 Å². The van der Waals surface area contributed by atoms with Crippen molar-refractivity contribution < 1.29 is 28.5 Å². The number of alkyl carbamates (subject to hydrolysis) is 1. The number of rotatable bonds is 8. The molecule has 2 aliphatic rings. The fraction of sp³-hybridized carbons (Fsp3) is 0.889. The number of esters is 1. The summed E-state index contributed by atoms with van der Waals surface area (Å²) >= 11 is 0. The van der Waals surface area contributed by atoms with Gasteiger partial charge in [-0.1, -0.05) is 19.3 Å². The first kappa shape index (κ1) is 20.0. The molecule has 144 valence electrons. The Bertz CT molecular complexity index is 427.